The van der Waals surface area contributed by atoms with Gasteiger partial charge in [-0.3, -0.25) is 4.98 Å². The van der Waals surface area contributed by atoms with Gasteiger partial charge in [-0.2, -0.15) is 0 Å². The highest BCUT2D eigenvalue weighted by molar-refractivity contribution is 5.20. The summed E-state index contributed by atoms with van der Waals surface area (Å²) in [6, 6.07) is 4.13. The Morgan fingerprint density at radius 2 is 2.31 bits per heavy atom. The maximum absolute atomic E-state index is 6.02. The molecule has 1 atom stereocenters. The SMILES string of the molecule is CCCC[C@@H](N)c1ncccc1C. The zero-order valence-electron chi connectivity index (χ0n) is 8.46. The summed E-state index contributed by atoms with van der Waals surface area (Å²) in [6.45, 7) is 4.24. The predicted octanol–water partition coefficient (Wildman–Crippen LogP) is 2.58. The van der Waals surface area contributed by atoms with Gasteiger partial charge in [0.15, 0.2) is 0 Å². The van der Waals surface area contributed by atoms with Crippen molar-refractivity contribution in [1.29, 1.82) is 0 Å². The Morgan fingerprint density at radius 1 is 1.54 bits per heavy atom. The van der Waals surface area contributed by atoms with Gasteiger partial charge in [0.2, 0.25) is 0 Å². The summed E-state index contributed by atoms with van der Waals surface area (Å²) in [4.78, 5) is 4.31. The van der Waals surface area contributed by atoms with Crippen molar-refractivity contribution in [2.24, 2.45) is 5.73 Å². The standard InChI is InChI=1S/C11H18N2/c1-3-4-7-10(12)11-9(2)6-5-8-13-11/h5-6,8,10H,3-4,7,12H2,1-2H3/t10-/m1/s1. The Hall–Kier alpha value is -0.890. The van der Waals surface area contributed by atoms with E-state index in [1.807, 2.05) is 12.3 Å². The number of pyridine rings is 1. The van der Waals surface area contributed by atoms with Gasteiger partial charge >= 0.3 is 0 Å². The van der Waals surface area contributed by atoms with Crippen LogP contribution in [0.3, 0.4) is 0 Å². The molecule has 1 heterocycles. The van der Waals surface area contributed by atoms with E-state index in [0.717, 1.165) is 12.1 Å². The minimum absolute atomic E-state index is 0.112. The molecule has 1 aromatic rings. The van der Waals surface area contributed by atoms with Crippen LogP contribution in [0.4, 0.5) is 0 Å². The van der Waals surface area contributed by atoms with Gasteiger partial charge in [0.05, 0.1) is 5.69 Å². The van der Waals surface area contributed by atoms with E-state index in [4.69, 9.17) is 5.73 Å². The molecule has 0 amide bonds. The first kappa shape index (κ1) is 10.2. The number of aromatic nitrogens is 1. The van der Waals surface area contributed by atoms with E-state index < -0.39 is 0 Å². The lowest BCUT2D eigenvalue weighted by Gasteiger charge is -2.12. The lowest BCUT2D eigenvalue weighted by atomic mass is 10.0. The van der Waals surface area contributed by atoms with Gasteiger partial charge < -0.3 is 5.73 Å². The van der Waals surface area contributed by atoms with Crippen LogP contribution in [0.1, 0.15) is 43.5 Å². The summed E-state index contributed by atoms with van der Waals surface area (Å²) in [5.74, 6) is 0. The van der Waals surface area contributed by atoms with Crippen molar-refractivity contribution in [2.45, 2.75) is 39.2 Å². The zero-order chi connectivity index (χ0) is 9.68. The van der Waals surface area contributed by atoms with E-state index in [1.54, 1.807) is 0 Å². The van der Waals surface area contributed by atoms with Crippen LogP contribution in [0, 0.1) is 6.92 Å². The molecule has 0 unspecified atom stereocenters. The van der Waals surface area contributed by atoms with E-state index in [1.165, 1.54) is 18.4 Å². The van der Waals surface area contributed by atoms with Crippen molar-refractivity contribution < 1.29 is 0 Å². The van der Waals surface area contributed by atoms with Crippen LogP contribution in [0.5, 0.6) is 0 Å². The molecule has 0 aliphatic rings. The van der Waals surface area contributed by atoms with Crippen LogP contribution in [0.25, 0.3) is 0 Å². The summed E-state index contributed by atoms with van der Waals surface area (Å²) in [5, 5.41) is 0. The molecular formula is C11H18N2. The third-order valence-electron chi connectivity index (χ3n) is 2.27. The second-order valence-electron chi connectivity index (χ2n) is 3.45. The minimum atomic E-state index is 0.112. The zero-order valence-corrected chi connectivity index (χ0v) is 8.46. The number of hydrogen-bond acceptors (Lipinski definition) is 2. The van der Waals surface area contributed by atoms with Crippen LogP contribution < -0.4 is 5.73 Å². The molecule has 2 heteroatoms. The van der Waals surface area contributed by atoms with Gasteiger partial charge in [-0.15, -0.1) is 0 Å². The Kier molecular flexibility index (Phi) is 3.90. The van der Waals surface area contributed by atoms with Crippen molar-refractivity contribution in [3.63, 3.8) is 0 Å². The normalized spacial score (nSPS) is 12.8. The quantitative estimate of drug-likeness (QED) is 0.769. The van der Waals surface area contributed by atoms with Gasteiger partial charge in [0, 0.05) is 12.2 Å². The molecule has 1 aromatic heterocycles. The van der Waals surface area contributed by atoms with Crippen LogP contribution in [0.15, 0.2) is 18.3 Å². The van der Waals surface area contributed by atoms with Crippen molar-refractivity contribution >= 4 is 0 Å². The number of hydrogen-bond donors (Lipinski definition) is 1. The number of nitrogens with zero attached hydrogens (tertiary/aromatic N) is 1. The number of rotatable bonds is 4. The average molecular weight is 178 g/mol. The molecule has 0 fully saturated rings. The smallest absolute Gasteiger partial charge is 0.0600 e. The van der Waals surface area contributed by atoms with Crippen molar-refractivity contribution in [3.8, 4) is 0 Å². The molecular weight excluding hydrogens is 160 g/mol. The number of unbranched alkanes of at least 4 members (excludes halogenated alkanes) is 1. The highest BCUT2D eigenvalue weighted by Crippen LogP contribution is 2.17. The fourth-order valence-electron chi connectivity index (χ4n) is 1.45. The molecule has 0 radical (unpaired) electrons. The maximum atomic E-state index is 6.02. The predicted molar refractivity (Wildman–Crippen MR) is 55.4 cm³/mol. The first-order valence-corrected chi connectivity index (χ1v) is 4.92. The van der Waals surface area contributed by atoms with Gasteiger partial charge in [-0.1, -0.05) is 25.8 Å². The van der Waals surface area contributed by atoms with Crippen LogP contribution >= 0.6 is 0 Å². The molecule has 2 N–H and O–H groups in total. The highest BCUT2D eigenvalue weighted by Gasteiger charge is 2.08. The molecule has 0 aliphatic heterocycles. The fraction of sp³-hybridized carbons (Fsp3) is 0.545. The van der Waals surface area contributed by atoms with Crippen LogP contribution in [-0.4, -0.2) is 4.98 Å². The van der Waals surface area contributed by atoms with E-state index in [9.17, 15) is 0 Å². The van der Waals surface area contributed by atoms with Crippen molar-refractivity contribution in [3.05, 3.63) is 29.6 Å². The van der Waals surface area contributed by atoms with Crippen molar-refractivity contribution in [1.82, 2.24) is 4.98 Å². The lowest BCUT2D eigenvalue weighted by molar-refractivity contribution is 0.587. The van der Waals surface area contributed by atoms with E-state index >= 15 is 0 Å². The molecule has 0 aromatic carbocycles. The molecule has 0 saturated carbocycles. The Balaban J connectivity index is 2.65. The summed E-state index contributed by atoms with van der Waals surface area (Å²) < 4.78 is 0. The molecule has 2 nitrogen and oxygen atoms in total. The molecule has 13 heavy (non-hydrogen) atoms. The minimum Gasteiger partial charge on any atom is -0.323 e. The summed E-state index contributed by atoms with van der Waals surface area (Å²) >= 11 is 0. The second kappa shape index (κ2) is 4.97. The van der Waals surface area contributed by atoms with Gasteiger partial charge in [-0.25, -0.2) is 0 Å². The third kappa shape index (κ3) is 2.81. The van der Waals surface area contributed by atoms with E-state index in [2.05, 4.69) is 24.9 Å². The van der Waals surface area contributed by atoms with Crippen molar-refractivity contribution in [2.75, 3.05) is 0 Å². The maximum Gasteiger partial charge on any atom is 0.0600 e. The Labute approximate surface area is 80.2 Å². The average Bonchev–Trinajstić information content (AvgIpc) is 2.15. The number of nitrogens with two attached hydrogens (primary N) is 1. The van der Waals surface area contributed by atoms with E-state index in [-0.39, 0.29) is 6.04 Å². The molecule has 1 rings (SSSR count). The van der Waals surface area contributed by atoms with Gasteiger partial charge in [0.25, 0.3) is 0 Å². The number of aryl methyl sites for hydroxylation is 1. The summed E-state index contributed by atoms with van der Waals surface area (Å²) in [5.41, 5.74) is 8.27. The monoisotopic (exact) mass is 178 g/mol. The van der Waals surface area contributed by atoms with Crippen LogP contribution in [0.2, 0.25) is 0 Å². The molecule has 0 bridgehead atoms. The Bertz CT molecular complexity index is 258. The summed E-state index contributed by atoms with van der Waals surface area (Å²) in [7, 11) is 0. The molecule has 72 valence electrons. The molecule has 0 aliphatic carbocycles. The first-order valence-electron chi connectivity index (χ1n) is 4.92. The lowest BCUT2D eigenvalue weighted by Crippen LogP contribution is -2.13. The molecule has 0 saturated heterocycles. The largest absolute Gasteiger partial charge is 0.323 e. The van der Waals surface area contributed by atoms with Crippen LogP contribution in [-0.2, 0) is 0 Å². The Morgan fingerprint density at radius 3 is 2.92 bits per heavy atom. The second-order valence-corrected chi connectivity index (χ2v) is 3.45. The molecule has 0 spiro atoms. The van der Waals surface area contributed by atoms with E-state index in [0.29, 0.717) is 0 Å². The van der Waals surface area contributed by atoms with Gasteiger partial charge in [0.1, 0.15) is 0 Å². The summed E-state index contributed by atoms with van der Waals surface area (Å²) in [6.07, 6.45) is 5.22. The fourth-order valence-corrected chi connectivity index (χ4v) is 1.45. The third-order valence-corrected chi connectivity index (χ3v) is 2.27. The topological polar surface area (TPSA) is 38.9 Å². The first-order chi connectivity index (χ1) is 6.25. The highest BCUT2D eigenvalue weighted by atomic mass is 14.8. The van der Waals surface area contributed by atoms with Gasteiger partial charge in [-0.05, 0) is 25.0 Å².